The van der Waals surface area contributed by atoms with E-state index in [-0.39, 0.29) is 6.03 Å². The minimum Gasteiger partial charge on any atom is -0.378 e. The molecule has 0 spiro atoms. The van der Waals surface area contributed by atoms with Gasteiger partial charge in [0.05, 0.1) is 13.2 Å². The summed E-state index contributed by atoms with van der Waals surface area (Å²) >= 11 is 0. The van der Waals surface area contributed by atoms with Crippen molar-refractivity contribution < 1.29 is 9.53 Å². The molecule has 0 aliphatic carbocycles. The van der Waals surface area contributed by atoms with Gasteiger partial charge in [-0.25, -0.2) is 4.79 Å². The van der Waals surface area contributed by atoms with Crippen molar-refractivity contribution in [2.75, 3.05) is 44.8 Å². The number of hydrogen-bond donors (Lipinski definition) is 1. The minimum absolute atomic E-state index is 0.00413. The fraction of sp³-hybridized carbons (Fsp3) is 0.632. The Morgan fingerprint density at radius 1 is 1.29 bits per heavy atom. The molecule has 0 radical (unpaired) electrons. The van der Waals surface area contributed by atoms with Crippen LogP contribution in [0.1, 0.15) is 32.3 Å². The zero-order valence-electron chi connectivity index (χ0n) is 15.3. The van der Waals surface area contributed by atoms with Gasteiger partial charge >= 0.3 is 6.03 Å². The summed E-state index contributed by atoms with van der Waals surface area (Å²) in [7, 11) is 1.86. The first-order valence-electron chi connectivity index (χ1n) is 8.97. The Hall–Kier alpha value is -1.75. The Kier molecular flexibility index (Phi) is 7.37. The van der Waals surface area contributed by atoms with Crippen molar-refractivity contribution in [2.24, 2.45) is 5.92 Å². The number of urea groups is 1. The molecule has 2 amide bonds. The van der Waals surface area contributed by atoms with Crippen LogP contribution in [0.4, 0.5) is 10.5 Å². The predicted molar refractivity (Wildman–Crippen MR) is 98.4 cm³/mol. The Morgan fingerprint density at radius 3 is 2.71 bits per heavy atom. The highest BCUT2D eigenvalue weighted by Crippen LogP contribution is 2.22. The normalized spacial score (nSPS) is 14.8. The van der Waals surface area contributed by atoms with Gasteiger partial charge in [0.1, 0.15) is 0 Å². The number of rotatable bonds is 7. The molecule has 5 nitrogen and oxygen atoms in total. The summed E-state index contributed by atoms with van der Waals surface area (Å²) in [6, 6.07) is 8.33. The fourth-order valence-corrected chi connectivity index (χ4v) is 2.93. The summed E-state index contributed by atoms with van der Waals surface area (Å²) in [4.78, 5) is 16.4. The van der Waals surface area contributed by atoms with Gasteiger partial charge in [-0.05, 0) is 30.4 Å². The summed E-state index contributed by atoms with van der Waals surface area (Å²) in [5.74, 6) is 0.681. The zero-order chi connectivity index (χ0) is 17.4. The van der Waals surface area contributed by atoms with Crippen molar-refractivity contribution in [3.05, 3.63) is 29.8 Å². The second-order valence-electron chi connectivity index (χ2n) is 6.85. The fourth-order valence-electron chi connectivity index (χ4n) is 2.93. The van der Waals surface area contributed by atoms with E-state index in [4.69, 9.17) is 4.74 Å². The molecule has 1 fully saturated rings. The summed E-state index contributed by atoms with van der Waals surface area (Å²) < 4.78 is 5.44. The monoisotopic (exact) mass is 333 g/mol. The highest BCUT2D eigenvalue weighted by atomic mass is 16.5. The van der Waals surface area contributed by atoms with E-state index >= 15 is 0 Å². The number of ether oxygens (including phenoxy) is 1. The molecule has 1 aromatic rings. The number of nitrogens with zero attached hydrogens (tertiary/aromatic N) is 2. The molecular weight excluding hydrogens is 302 g/mol. The second-order valence-corrected chi connectivity index (χ2v) is 6.85. The highest BCUT2D eigenvalue weighted by molar-refractivity contribution is 5.74. The molecule has 0 bridgehead atoms. The summed E-state index contributed by atoms with van der Waals surface area (Å²) in [6.45, 7) is 9.11. The molecule has 0 saturated carbocycles. The molecule has 1 heterocycles. The van der Waals surface area contributed by atoms with Crippen molar-refractivity contribution >= 4 is 11.7 Å². The van der Waals surface area contributed by atoms with E-state index in [9.17, 15) is 4.79 Å². The zero-order valence-corrected chi connectivity index (χ0v) is 15.3. The van der Waals surface area contributed by atoms with Crippen LogP contribution >= 0.6 is 0 Å². The van der Waals surface area contributed by atoms with E-state index in [1.807, 2.05) is 13.1 Å². The number of benzene rings is 1. The summed E-state index contributed by atoms with van der Waals surface area (Å²) in [5.41, 5.74) is 2.39. The van der Waals surface area contributed by atoms with Gasteiger partial charge in [-0.1, -0.05) is 32.0 Å². The number of hydrogen-bond acceptors (Lipinski definition) is 3. The number of anilines is 1. The molecular formula is C19H31N3O2. The minimum atomic E-state index is -0.00413. The van der Waals surface area contributed by atoms with Gasteiger partial charge in [0.2, 0.25) is 0 Å². The van der Waals surface area contributed by atoms with Crippen molar-refractivity contribution in [2.45, 2.75) is 33.2 Å². The highest BCUT2D eigenvalue weighted by Gasteiger charge is 2.16. The molecule has 1 saturated heterocycles. The number of morpholine rings is 1. The smallest absolute Gasteiger partial charge is 0.317 e. The molecule has 1 aliphatic rings. The molecule has 0 atom stereocenters. The number of para-hydroxylation sites is 1. The lowest BCUT2D eigenvalue weighted by Crippen LogP contribution is -2.39. The molecule has 0 aromatic heterocycles. The molecule has 0 unspecified atom stereocenters. The van der Waals surface area contributed by atoms with Gasteiger partial charge in [-0.3, -0.25) is 0 Å². The third kappa shape index (κ3) is 5.71. The maximum Gasteiger partial charge on any atom is 0.317 e. The average molecular weight is 333 g/mol. The first kappa shape index (κ1) is 18.6. The third-order valence-corrected chi connectivity index (χ3v) is 4.33. The van der Waals surface area contributed by atoms with E-state index in [1.165, 1.54) is 11.3 Å². The van der Waals surface area contributed by atoms with Crippen LogP contribution < -0.4 is 10.2 Å². The van der Waals surface area contributed by atoms with Crippen molar-refractivity contribution in [3.8, 4) is 0 Å². The van der Waals surface area contributed by atoms with Crippen LogP contribution in [0, 0.1) is 5.92 Å². The second kappa shape index (κ2) is 9.52. The quantitative estimate of drug-likeness (QED) is 0.780. The van der Waals surface area contributed by atoms with E-state index in [1.54, 1.807) is 4.90 Å². The first-order valence-corrected chi connectivity index (χ1v) is 8.97. The third-order valence-electron chi connectivity index (χ3n) is 4.33. The Bertz CT molecular complexity index is 513. The lowest BCUT2D eigenvalue weighted by atomic mass is 10.1. The topological polar surface area (TPSA) is 44.8 Å². The number of nitrogens with one attached hydrogen (secondary N) is 1. The van der Waals surface area contributed by atoms with E-state index < -0.39 is 0 Å². The lowest BCUT2D eigenvalue weighted by Gasteiger charge is -2.31. The van der Waals surface area contributed by atoms with E-state index in [0.29, 0.717) is 12.5 Å². The average Bonchev–Trinajstić information content (AvgIpc) is 2.59. The van der Waals surface area contributed by atoms with Gasteiger partial charge in [0.25, 0.3) is 0 Å². The van der Waals surface area contributed by atoms with Crippen LogP contribution in [0.2, 0.25) is 0 Å². The van der Waals surface area contributed by atoms with E-state index in [0.717, 1.165) is 45.7 Å². The molecule has 1 aliphatic heterocycles. The standard InChI is InChI=1S/C19H31N3O2/c1-16(2)7-6-10-20-19(23)21(3)15-17-8-4-5-9-18(17)22-11-13-24-14-12-22/h4-5,8-9,16H,6-7,10-15H2,1-3H3,(H,20,23). The van der Waals surface area contributed by atoms with E-state index in [2.05, 4.69) is 42.3 Å². The van der Waals surface area contributed by atoms with Gasteiger partial charge in [0, 0.05) is 38.9 Å². The van der Waals surface area contributed by atoms with Crippen molar-refractivity contribution in [1.82, 2.24) is 10.2 Å². The van der Waals surface area contributed by atoms with Crippen LogP contribution in [0.3, 0.4) is 0 Å². The maximum atomic E-state index is 12.3. The number of amides is 2. The lowest BCUT2D eigenvalue weighted by molar-refractivity contribution is 0.122. The van der Waals surface area contributed by atoms with Crippen LogP contribution in [-0.2, 0) is 11.3 Å². The number of carbonyl (C=O) groups excluding carboxylic acids is 1. The maximum absolute atomic E-state index is 12.3. The van der Waals surface area contributed by atoms with Gasteiger partial charge in [0.15, 0.2) is 0 Å². The van der Waals surface area contributed by atoms with Crippen LogP contribution in [0.5, 0.6) is 0 Å². The van der Waals surface area contributed by atoms with Gasteiger partial charge in [-0.15, -0.1) is 0 Å². The molecule has 5 heteroatoms. The molecule has 24 heavy (non-hydrogen) atoms. The van der Waals surface area contributed by atoms with Gasteiger partial charge in [-0.2, -0.15) is 0 Å². The SMILES string of the molecule is CC(C)CCCNC(=O)N(C)Cc1ccccc1N1CCOCC1. The molecule has 2 rings (SSSR count). The van der Waals surface area contributed by atoms with Gasteiger partial charge < -0.3 is 19.9 Å². The van der Waals surface area contributed by atoms with Crippen LogP contribution in [0.15, 0.2) is 24.3 Å². The van der Waals surface area contributed by atoms with Crippen LogP contribution in [-0.4, -0.2) is 50.8 Å². The number of carbonyl (C=O) groups is 1. The Morgan fingerprint density at radius 2 is 2.00 bits per heavy atom. The molecule has 134 valence electrons. The predicted octanol–water partition coefficient (Wildman–Crippen LogP) is 3.10. The Labute approximate surface area is 146 Å². The largest absolute Gasteiger partial charge is 0.378 e. The van der Waals surface area contributed by atoms with Crippen molar-refractivity contribution in [1.29, 1.82) is 0 Å². The molecule has 1 N–H and O–H groups in total. The summed E-state index contributed by atoms with van der Waals surface area (Å²) in [5, 5.41) is 3.01. The Balaban J connectivity index is 1.88. The van der Waals surface area contributed by atoms with Crippen LogP contribution in [0.25, 0.3) is 0 Å². The molecule has 1 aromatic carbocycles. The summed E-state index contributed by atoms with van der Waals surface area (Å²) in [6.07, 6.45) is 2.17. The van der Waals surface area contributed by atoms with Crippen molar-refractivity contribution in [3.63, 3.8) is 0 Å². The first-order chi connectivity index (χ1) is 11.6.